The molecule has 0 aliphatic rings. The standard InChI is InChI=1S/C11H14N2O/c1-9(2)4-6-14-11-3-5-13-10(7-11)8-12/h3,5,7,9H,4,6H2,1-2H3. The van der Waals surface area contributed by atoms with Crippen LogP contribution in [-0.4, -0.2) is 11.6 Å². The van der Waals surface area contributed by atoms with Gasteiger partial charge in [0.25, 0.3) is 0 Å². The third kappa shape index (κ3) is 3.44. The van der Waals surface area contributed by atoms with Gasteiger partial charge in [-0.1, -0.05) is 13.8 Å². The van der Waals surface area contributed by atoms with Crippen molar-refractivity contribution >= 4 is 0 Å². The number of aromatic nitrogens is 1. The van der Waals surface area contributed by atoms with Gasteiger partial charge in [0, 0.05) is 12.3 Å². The zero-order valence-corrected chi connectivity index (χ0v) is 8.53. The first kappa shape index (κ1) is 10.5. The Morgan fingerprint density at radius 1 is 1.57 bits per heavy atom. The van der Waals surface area contributed by atoms with E-state index in [4.69, 9.17) is 10.00 Å². The second-order valence-corrected chi connectivity index (χ2v) is 3.52. The van der Waals surface area contributed by atoms with Crippen LogP contribution in [-0.2, 0) is 0 Å². The second-order valence-electron chi connectivity index (χ2n) is 3.52. The number of nitriles is 1. The largest absolute Gasteiger partial charge is 0.493 e. The van der Waals surface area contributed by atoms with Crippen LogP contribution in [0.3, 0.4) is 0 Å². The summed E-state index contributed by atoms with van der Waals surface area (Å²) in [5.41, 5.74) is 0.395. The van der Waals surface area contributed by atoms with E-state index in [-0.39, 0.29) is 0 Å². The number of hydrogen-bond donors (Lipinski definition) is 0. The minimum atomic E-state index is 0.395. The normalized spacial score (nSPS) is 9.86. The van der Waals surface area contributed by atoms with Gasteiger partial charge in [0.2, 0.25) is 0 Å². The van der Waals surface area contributed by atoms with Gasteiger partial charge in [0.05, 0.1) is 6.61 Å². The summed E-state index contributed by atoms with van der Waals surface area (Å²) >= 11 is 0. The van der Waals surface area contributed by atoms with E-state index >= 15 is 0 Å². The van der Waals surface area contributed by atoms with E-state index in [0.29, 0.717) is 18.2 Å². The van der Waals surface area contributed by atoms with Crippen LogP contribution < -0.4 is 4.74 Å². The highest BCUT2D eigenvalue weighted by Crippen LogP contribution is 2.11. The van der Waals surface area contributed by atoms with Gasteiger partial charge in [-0.3, -0.25) is 0 Å². The van der Waals surface area contributed by atoms with Crippen LogP contribution in [0.2, 0.25) is 0 Å². The van der Waals surface area contributed by atoms with E-state index < -0.39 is 0 Å². The Kier molecular flexibility index (Phi) is 3.93. The van der Waals surface area contributed by atoms with Crippen LogP contribution in [0, 0.1) is 17.2 Å². The SMILES string of the molecule is CC(C)CCOc1ccnc(C#N)c1. The summed E-state index contributed by atoms with van der Waals surface area (Å²) < 4.78 is 5.47. The molecule has 0 saturated carbocycles. The van der Waals surface area contributed by atoms with Gasteiger partial charge in [0.15, 0.2) is 0 Å². The van der Waals surface area contributed by atoms with E-state index in [2.05, 4.69) is 18.8 Å². The molecule has 0 atom stereocenters. The third-order valence-corrected chi connectivity index (χ3v) is 1.81. The minimum Gasteiger partial charge on any atom is -0.493 e. The van der Waals surface area contributed by atoms with Gasteiger partial charge in [-0.15, -0.1) is 0 Å². The molecule has 1 aromatic rings. The van der Waals surface area contributed by atoms with Crippen LogP contribution >= 0.6 is 0 Å². The molecule has 0 aromatic carbocycles. The molecular formula is C11H14N2O. The topological polar surface area (TPSA) is 45.9 Å². The highest BCUT2D eigenvalue weighted by atomic mass is 16.5. The summed E-state index contributed by atoms with van der Waals surface area (Å²) in [6.45, 7) is 4.99. The molecule has 3 heteroatoms. The lowest BCUT2D eigenvalue weighted by Crippen LogP contribution is -2.01. The van der Waals surface area contributed by atoms with Crippen molar-refractivity contribution in [2.75, 3.05) is 6.61 Å². The molecule has 0 unspecified atom stereocenters. The van der Waals surface area contributed by atoms with Crippen molar-refractivity contribution in [3.8, 4) is 11.8 Å². The van der Waals surface area contributed by atoms with Crippen LogP contribution in [0.15, 0.2) is 18.3 Å². The monoisotopic (exact) mass is 190 g/mol. The molecule has 74 valence electrons. The van der Waals surface area contributed by atoms with Crippen molar-refractivity contribution in [3.05, 3.63) is 24.0 Å². The van der Waals surface area contributed by atoms with Crippen LogP contribution in [0.4, 0.5) is 0 Å². The molecule has 0 radical (unpaired) electrons. The fourth-order valence-electron chi connectivity index (χ4n) is 0.975. The van der Waals surface area contributed by atoms with E-state index in [1.165, 1.54) is 0 Å². The van der Waals surface area contributed by atoms with Gasteiger partial charge in [-0.05, 0) is 18.4 Å². The molecular weight excluding hydrogens is 176 g/mol. The first-order valence-corrected chi connectivity index (χ1v) is 4.71. The molecule has 1 rings (SSSR count). The molecule has 1 heterocycles. The average Bonchev–Trinajstić information content (AvgIpc) is 2.18. The summed E-state index contributed by atoms with van der Waals surface area (Å²) in [7, 11) is 0. The zero-order valence-electron chi connectivity index (χ0n) is 8.53. The summed E-state index contributed by atoms with van der Waals surface area (Å²) in [6, 6.07) is 5.39. The molecule has 3 nitrogen and oxygen atoms in total. The second kappa shape index (κ2) is 5.23. The van der Waals surface area contributed by atoms with E-state index in [0.717, 1.165) is 12.2 Å². The van der Waals surface area contributed by atoms with Crippen molar-refractivity contribution in [2.45, 2.75) is 20.3 Å². The van der Waals surface area contributed by atoms with Crippen molar-refractivity contribution in [1.29, 1.82) is 5.26 Å². The predicted octanol–water partition coefficient (Wildman–Crippen LogP) is 2.38. The highest BCUT2D eigenvalue weighted by Gasteiger charge is 1.98. The van der Waals surface area contributed by atoms with Gasteiger partial charge in [0.1, 0.15) is 17.5 Å². The van der Waals surface area contributed by atoms with Gasteiger partial charge < -0.3 is 4.74 Å². The lowest BCUT2D eigenvalue weighted by atomic mass is 10.1. The van der Waals surface area contributed by atoms with Gasteiger partial charge >= 0.3 is 0 Å². The van der Waals surface area contributed by atoms with E-state index in [1.807, 2.05) is 6.07 Å². The van der Waals surface area contributed by atoms with E-state index in [9.17, 15) is 0 Å². The van der Waals surface area contributed by atoms with Gasteiger partial charge in [-0.2, -0.15) is 5.26 Å². The maximum atomic E-state index is 8.61. The highest BCUT2D eigenvalue weighted by molar-refractivity contribution is 5.29. The van der Waals surface area contributed by atoms with Crippen molar-refractivity contribution in [3.63, 3.8) is 0 Å². The van der Waals surface area contributed by atoms with Crippen molar-refractivity contribution in [1.82, 2.24) is 4.98 Å². The Hall–Kier alpha value is -1.56. The summed E-state index contributed by atoms with van der Waals surface area (Å²) in [6.07, 6.45) is 2.60. The Morgan fingerprint density at radius 2 is 2.36 bits per heavy atom. The lowest BCUT2D eigenvalue weighted by Gasteiger charge is -2.07. The lowest BCUT2D eigenvalue weighted by molar-refractivity contribution is 0.289. The third-order valence-electron chi connectivity index (χ3n) is 1.81. The molecule has 0 fully saturated rings. The summed E-state index contributed by atoms with van der Waals surface area (Å²) in [5, 5.41) is 8.61. The molecule has 0 spiro atoms. The molecule has 1 aromatic heterocycles. The average molecular weight is 190 g/mol. The number of ether oxygens (including phenoxy) is 1. The summed E-state index contributed by atoms with van der Waals surface area (Å²) in [5.74, 6) is 1.35. The van der Waals surface area contributed by atoms with E-state index in [1.54, 1.807) is 18.3 Å². The zero-order chi connectivity index (χ0) is 10.4. The predicted molar refractivity (Wildman–Crippen MR) is 53.9 cm³/mol. The fourth-order valence-corrected chi connectivity index (χ4v) is 0.975. The Bertz CT molecular complexity index is 328. The molecule has 14 heavy (non-hydrogen) atoms. The molecule has 0 bridgehead atoms. The molecule has 0 N–H and O–H groups in total. The first-order valence-electron chi connectivity index (χ1n) is 4.71. The van der Waals surface area contributed by atoms with Crippen LogP contribution in [0.25, 0.3) is 0 Å². The molecule has 0 aliphatic carbocycles. The van der Waals surface area contributed by atoms with Crippen LogP contribution in [0.1, 0.15) is 26.0 Å². The van der Waals surface area contributed by atoms with Gasteiger partial charge in [-0.25, -0.2) is 4.98 Å². The Morgan fingerprint density at radius 3 is 3.00 bits per heavy atom. The molecule has 0 saturated heterocycles. The Balaban J connectivity index is 2.47. The first-order chi connectivity index (χ1) is 6.72. The number of nitrogens with zero attached hydrogens (tertiary/aromatic N) is 2. The number of pyridine rings is 1. The summed E-state index contributed by atoms with van der Waals surface area (Å²) in [4.78, 5) is 3.86. The molecule has 0 amide bonds. The molecule has 0 aliphatic heterocycles. The maximum Gasteiger partial charge on any atom is 0.144 e. The minimum absolute atomic E-state index is 0.395. The Labute approximate surface area is 84.3 Å². The number of rotatable bonds is 4. The smallest absolute Gasteiger partial charge is 0.144 e. The quantitative estimate of drug-likeness (QED) is 0.732. The maximum absolute atomic E-state index is 8.61. The number of hydrogen-bond acceptors (Lipinski definition) is 3. The van der Waals surface area contributed by atoms with Crippen molar-refractivity contribution < 1.29 is 4.74 Å². The fraction of sp³-hybridized carbons (Fsp3) is 0.455. The van der Waals surface area contributed by atoms with Crippen molar-refractivity contribution in [2.24, 2.45) is 5.92 Å². The van der Waals surface area contributed by atoms with Crippen LogP contribution in [0.5, 0.6) is 5.75 Å².